The van der Waals surface area contributed by atoms with E-state index in [1.165, 1.54) is 18.0 Å². The Bertz CT molecular complexity index is 1280. The van der Waals surface area contributed by atoms with Gasteiger partial charge >= 0.3 is 0 Å². The van der Waals surface area contributed by atoms with Crippen LogP contribution in [-0.4, -0.2) is 55.6 Å². The quantitative estimate of drug-likeness (QED) is 0.443. The summed E-state index contributed by atoms with van der Waals surface area (Å²) in [6.07, 6.45) is 0. The highest BCUT2D eigenvalue weighted by Crippen LogP contribution is 2.22. The summed E-state index contributed by atoms with van der Waals surface area (Å²) in [5.74, 6) is -0.762. The predicted octanol–water partition coefficient (Wildman–Crippen LogP) is 3.78. The van der Waals surface area contributed by atoms with Crippen LogP contribution >= 0.6 is 15.9 Å². The van der Waals surface area contributed by atoms with Crippen molar-refractivity contribution in [2.75, 3.05) is 20.1 Å². The van der Waals surface area contributed by atoms with Crippen LogP contribution in [0.3, 0.4) is 0 Å². The molecule has 3 aromatic rings. The minimum atomic E-state index is -3.91. The van der Waals surface area contributed by atoms with Crippen LogP contribution in [0.25, 0.3) is 10.8 Å². The van der Waals surface area contributed by atoms with Crippen LogP contribution < -0.4 is 5.32 Å². The molecule has 0 spiro atoms. The summed E-state index contributed by atoms with van der Waals surface area (Å²) in [5, 5.41) is 4.45. The zero-order valence-electron chi connectivity index (χ0n) is 19.4. The molecule has 0 bridgehead atoms. The van der Waals surface area contributed by atoms with Gasteiger partial charge in [-0.25, -0.2) is 8.42 Å². The normalized spacial score (nSPS) is 12.5. The SMILES string of the molecule is CCNC(=O)[C@H](C)N(Cc1ccc(Br)cc1)C(=O)CN(C)S(=O)(=O)c1ccc2ccccc2c1. The van der Waals surface area contributed by atoms with Gasteiger partial charge in [-0.1, -0.05) is 58.4 Å². The first-order valence-electron chi connectivity index (χ1n) is 10.9. The van der Waals surface area contributed by atoms with E-state index in [9.17, 15) is 18.0 Å². The number of rotatable bonds is 9. The monoisotopic (exact) mass is 545 g/mol. The lowest BCUT2D eigenvalue weighted by atomic mass is 10.1. The maximum Gasteiger partial charge on any atom is 0.243 e. The van der Waals surface area contributed by atoms with Gasteiger partial charge in [0.1, 0.15) is 6.04 Å². The Labute approximate surface area is 208 Å². The van der Waals surface area contributed by atoms with Crippen LogP contribution in [0.2, 0.25) is 0 Å². The molecule has 3 rings (SSSR count). The Morgan fingerprint density at radius 3 is 2.29 bits per heavy atom. The first-order chi connectivity index (χ1) is 16.1. The van der Waals surface area contributed by atoms with Crippen molar-refractivity contribution in [3.63, 3.8) is 0 Å². The van der Waals surface area contributed by atoms with Crippen LogP contribution in [0.5, 0.6) is 0 Å². The minimum absolute atomic E-state index is 0.109. The second-order valence-electron chi connectivity index (χ2n) is 7.99. The van der Waals surface area contributed by atoms with Gasteiger partial charge in [-0.05, 0) is 54.4 Å². The van der Waals surface area contributed by atoms with E-state index in [1.54, 1.807) is 26.0 Å². The molecule has 0 unspecified atom stereocenters. The van der Waals surface area contributed by atoms with E-state index in [4.69, 9.17) is 0 Å². The van der Waals surface area contributed by atoms with Crippen molar-refractivity contribution in [2.45, 2.75) is 31.3 Å². The van der Waals surface area contributed by atoms with Crippen molar-refractivity contribution in [1.82, 2.24) is 14.5 Å². The second kappa shape index (κ2) is 11.1. The lowest BCUT2D eigenvalue weighted by molar-refractivity contribution is -0.140. The topological polar surface area (TPSA) is 86.8 Å². The number of carbonyl (C=O) groups excluding carboxylic acids is 2. The standard InChI is InChI=1S/C25H28BrN3O4S/c1-4-27-25(31)18(2)29(16-19-9-12-22(26)13-10-19)24(30)17-28(3)34(32,33)23-14-11-20-7-5-6-8-21(20)15-23/h5-15,18H,4,16-17H2,1-3H3,(H,27,31)/t18-/m0/s1. The number of hydrogen-bond acceptors (Lipinski definition) is 4. The number of hydrogen-bond donors (Lipinski definition) is 1. The highest BCUT2D eigenvalue weighted by Gasteiger charge is 2.30. The first-order valence-corrected chi connectivity index (χ1v) is 13.1. The van der Waals surface area contributed by atoms with E-state index in [0.717, 1.165) is 25.1 Å². The Morgan fingerprint density at radius 2 is 1.65 bits per heavy atom. The van der Waals surface area contributed by atoms with Gasteiger partial charge in [0.25, 0.3) is 0 Å². The smallest absolute Gasteiger partial charge is 0.243 e. The Hall–Kier alpha value is -2.75. The van der Waals surface area contributed by atoms with Crippen molar-refractivity contribution >= 4 is 48.5 Å². The van der Waals surface area contributed by atoms with Gasteiger partial charge < -0.3 is 10.2 Å². The largest absolute Gasteiger partial charge is 0.355 e. The van der Waals surface area contributed by atoms with E-state index in [0.29, 0.717) is 6.54 Å². The van der Waals surface area contributed by atoms with Crippen molar-refractivity contribution in [2.24, 2.45) is 0 Å². The van der Waals surface area contributed by atoms with Crippen LogP contribution in [0, 0.1) is 0 Å². The first kappa shape index (κ1) is 25.9. The number of likely N-dealkylation sites (N-methyl/N-ethyl adjacent to an activating group) is 2. The molecule has 0 heterocycles. The number of nitrogens with one attached hydrogen (secondary N) is 1. The molecule has 0 saturated carbocycles. The average molecular weight is 546 g/mol. The lowest BCUT2D eigenvalue weighted by Crippen LogP contribution is -2.50. The number of sulfonamides is 1. The molecule has 1 N–H and O–H groups in total. The fraction of sp³-hybridized carbons (Fsp3) is 0.280. The number of nitrogens with zero attached hydrogens (tertiary/aromatic N) is 2. The summed E-state index contributed by atoms with van der Waals surface area (Å²) < 4.78 is 28.3. The molecule has 0 aliphatic carbocycles. The number of carbonyl (C=O) groups is 2. The molecule has 1 atom stereocenters. The molecule has 0 aliphatic heterocycles. The summed E-state index contributed by atoms with van der Waals surface area (Å²) in [6.45, 7) is 3.65. The van der Waals surface area contributed by atoms with E-state index in [1.807, 2.05) is 48.5 Å². The number of halogens is 1. The van der Waals surface area contributed by atoms with Crippen molar-refractivity contribution in [1.29, 1.82) is 0 Å². The van der Waals surface area contributed by atoms with Crippen molar-refractivity contribution in [3.05, 3.63) is 76.8 Å². The lowest BCUT2D eigenvalue weighted by Gasteiger charge is -2.30. The van der Waals surface area contributed by atoms with E-state index >= 15 is 0 Å². The van der Waals surface area contributed by atoms with Crippen LogP contribution in [-0.2, 0) is 26.2 Å². The number of amides is 2. The predicted molar refractivity (Wildman–Crippen MR) is 137 cm³/mol. The van der Waals surface area contributed by atoms with E-state index in [2.05, 4.69) is 21.2 Å². The Kier molecular flexibility index (Phi) is 8.46. The maximum atomic E-state index is 13.3. The molecule has 2 amide bonds. The fourth-order valence-corrected chi connectivity index (χ4v) is 4.99. The van der Waals surface area contributed by atoms with Gasteiger partial charge in [0.2, 0.25) is 21.8 Å². The average Bonchev–Trinajstić information content (AvgIpc) is 2.82. The molecule has 180 valence electrons. The van der Waals surface area contributed by atoms with Crippen LogP contribution in [0.4, 0.5) is 0 Å². The zero-order chi connectivity index (χ0) is 24.9. The van der Waals surface area contributed by atoms with E-state index in [-0.39, 0.29) is 17.3 Å². The molecule has 7 nitrogen and oxygen atoms in total. The second-order valence-corrected chi connectivity index (χ2v) is 10.9. The molecular weight excluding hydrogens is 518 g/mol. The van der Waals surface area contributed by atoms with Gasteiger partial charge in [0.15, 0.2) is 0 Å². The summed E-state index contributed by atoms with van der Waals surface area (Å²) in [4.78, 5) is 27.3. The third-order valence-corrected chi connectivity index (χ3v) is 7.90. The molecule has 0 aliphatic rings. The third kappa shape index (κ3) is 6.02. The molecule has 9 heteroatoms. The highest BCUT2D eigenvalue weighted by molar-refractivity contribution is 9.10. The summed E-state index contributed by atoms with van der Waals surface area (Å²) in [5.41, 5.74) is 0.827. The molecule has 3 aromatic carbocycles. The molecular formula is C25H28BrN3O4S. The number of fused-ring (bicyclic) bond motifs is 1. The molecule has 0 aromatic heterocycles. The Balaban J connectivity index is 1.84. The highest BCUT2D eigenvalue weighted by atomic mass is 79.9. The van der Waals surface area contributed by atoms with Crippen molar-refractivity contribution < 1.29 is 18.0 Å². The third-order valence-electron chi connectivity index (χ3n) is 5.57. The molecule has 0 saturated heterocycles. The number of benzene rings is 3. The van der Waals surface area contributed by atoms with E-state index < -0.39 is 28.5 Å². The van der Waals surface area contributed by atoms with Gasteiger partial charge in [-0.15, -0.1) is 0 Å². The zero-order valence-corrected chi connectivity index (χ0v) is 21.8. The van der Waals surface area contributed by atoms with Gasteiger partial charge in [0, 0.05) is 24.6 Å². The van der Waals surface area contributed by atoms with Gasteiger partial charge in [-0.2, -0.15) is 4.31 Å². The van der Waals surface area contributed by atoms with Crippen LogP contribution in [0.1, 0.15) is 19.4 Å². The minimum Gasteiger partial charge on any atom is -0.355 e. The maximum absolute atomic E-state index is 13.3. The van der Waals surface area contributed by atoms with Gasteiger partial charge in [-0.3, -0.25) is 9.59 Å². The Morgan fingerprint density at radius 1 is 1.00 bits per heavy atom. The summed E-state index contributed by atoms with van der Waals surface area (Å²) in [7, 11) is -2.54. The fourth-order valence-electron chi connectivity index (χ4n) is 3.57. The molecule has 34 heavy (non-hydrogen) atoms. The molecule has 0 radical (unpaired) electrons. The van der Waals surface area contributed by atoms with Gasteiger partial charge in [0.05, 0.1) is 11.4 Å². The summed E-state index contributed by atoms with van der Waals surface area (Å²) >= 11 is 3.39. The van der Waals surface area contributed by atoms with Crippen molar-refractivity contribution in [3.8, 4) is 0 Å². The summed E-state index contributed by atoms with van der Waals surface area (Å²) in [6, 6.07) is 19.0. The molecule has 0 fully saturated rings. The van der Waals surface area contributed by atoms with Crippen LogP contribution in [0.15, 0.2) is 76.1 Å².